The minimum Gasteiger partial charge on any atom is -0.493 e. The highest BCUT2D eigenvalue weighted by molar-refractivity contribution is 5.91. The minimum atomic E-state index is -0.0563. The lowest BCUT2D eigenvalue weighted by Crippen LogP contribution is -2.16. The van der Waals surface area contributed by atoms with Crippen molar-refractivity contribution in [2.75, 3.05) is 17.7 Å². The molecule has 0 bridgehead atoms. The molecule has 1 amide bonds. The lowest BCUT2D eigenvalue weighted by atomic mass is 10.1. The molecule has 0 aliphatic rings. The molecule has 0 saturated carbocycles. The van der Waals surface area contributed by atoms with Crippen molar-refractivity contribution in [3.63, 3.8) is 0 Å². The zero-order valence-electron chi connectivity index (χ0n) is 12.3. The monoisotopic (exact) mass is 284 g/mol. The largest absolute Gasteiger partial charge is 0.493 e. The number of anilines is 2. The van der Waals surface area contributed by atoms with E-state index in [1.54, 1.807) is 24.3 Å². The van der Waals surface area contributed by atoms with Crippen molar-refractivity contribution in [2.45, 2.75) is 20.3 Å². The number of nitrogens with one attached hydrogen (secondary N) is 1. The quantitative estimate of drug-likeness (QED) is 0.828. The molecule has 0 radical (unpaired) electrons. The van der Waals surface area contributed by atoms with E-state index in [1.165, 1.54) is 0 Å². The molecule has 0 atom stereocenters. The summed E-state index contributed by atoms with van der Waals surface area (Å²) in [6, 6.07) is 13.1. The van der Waals surface area contributed by atoms with E-state index >= 15 is 0 Å². The Bertz CT molecular complexity index is 621. The summed E-state index contributed by atoms with van der Waals surface area (Å²) in [5, 5.41) is 2.91. The molecule has 0 aromatic heterocycles. The molecular weight excluding hydrogens is 264 g/mol. The Morgan fingerprint density at radius 1 is 1.14 bits per heavy atom. The summed E-state index contributed by atoms with van der Waals surface area (Å²) in [7, 11) is 0. The first-order chi connectivity index (χ1) is 10.0. The molecule has 21 heavy (non-hydrogen) atoms. The van der Waals surface area contributed by atoms with E-state index < -0.39 is 0 Å². The first-order valence-electron chi connectivity index (χ1n) is 6.90. The maximum Gasteiger partial charge on any atom is 0.227 e. The third-order valence-corrected chi connectivity index (χ3v) is 3.15. The van der Waals surface area contributed by atoms with E-state index in [-0.39, 0.29) is 5.91 Å². The zero-order valence-corrected chi connectivity index (χ0v) is 12.3. The van der Waals surface area contributed by atoms with Crippen LogP contribution in [0.25, 0.3) is 0 Å². The van der Waals surface area contributed by atoms with Gasteiger partial charge in [-0.2, -0.15) is 0 Å². The first-order valence-corrected chi connectivity index (χ1v) is 6.90. The first kappa shape index (κ1) is 14.9. The molecule has 0 aliphatic heterocycles. The van der Waals surface area contributed by atoms with Gasteiger partial charge in [0, 0.05) is 11.4 Å². The van der Waals surface area contributed by atoms with E-state index in [1.807, 2.05) is 32.0 Å². The van der Waals surface area contributed by atoms with Crippen LogP contribution in [0.5, 0.6) is 5.75 Å². The summed E-state index contributed by atoms with van der Waals surface area (Å²) in [4.78, 5) is 11.9. The number of hydrogen-bond donors (Lipinski definition) is 2. The van der Waals surface area contributed by atoms with Crippen LogP contribution in [-0.2, 0) is 4.79 Å². The van der Waals surface area contributed by atoms with Gasteiger partial charge in [0.05, 0.1) is 13.0 Å². The van der Waals surface area contributed by atoms with E-state index in [0.717, 1.165) is 16.8 Å². The van der Waals surface area contributed by atoms with Crippen LogP contribution in [0, 0.1) is 13.8 Å². The fraction of sp³-hybridized carbons (Fsp3) is 0.235. The van der Waals surface area contributed by atoms with E-state index in [4.69, 9.17) is 10.5 Å². The molecule has 0 saturated heterocycles. The number of amides is 1. The summed E-state index contributed by atoms with van der Waals surface area (Å²) < 4.78 is 5.51. The average Bonchev–Trinajstić information content (AvgIpc) is 2.45. The van der Waals surface area contributed by atoms with Crippen LogP contribution in [0.1, 0.15) is 17.5 Å². The third kappa shape index (κ3) is 4.53. The van der Waals surface area contributed by atoms with Crippen LogP contribution in [-0.4, -0.2) is 12.5 Å². The molecule has 2 aromatic rings. The van der Waals surface area contributed by atoms with Crippen molar-refractivity contribution in [2.24, 2.45) is 0 Å². The number of benzene rings is 2. The Morgan fingerprint density at radius 2 is 1.86 bits per heavy atom. The smallest absolute Gasteiger partial charge is 0.227 e. The number of hydrogen-bond acceptors (Lipinski definition) is 3. The molecule has 110 valence electrons. The minimum absolute atomic E-state index is 0.0563. The second kappa shape index (κ2) is 6.79. The molecule has 4 nitrogen and oxygen atoms in total. The number of aryl methyl sites for hydroxylation is 2. The van der Waals surface area contributed by atoms with Gasteiger partial charge in [0.1, 0.15) is 5.75 Å². The molecular formula is C17H20N2O2. The van der Waals surface area contributed by atoms with Crippen LogP contribution >= 0.6 is 0 Å². The molecule has 0 spiro atoms. The molecule has 2 rings (SSSR count). The molecule has 4 heteroatoms. The Hall–Kier alpha value is -2.49. The van der Waals surface area contributed by atoms with E-state index in [9.17, 15) is 4.79 Å². The Balaban J connectivity index is 1.82. The van der Waals surface area contributed by atoms with Gasteiger partial charge in [0.15, 0.2) is 0 Å². The summed E-state index contributed by atoms with van der Waals surface area (Å²) in [5.41, 5.74) is 9.31. The number of carbonyl (C=O) groups is 1. The fourth-order valence-corrected chi connectivity index (χ4v) is 1.91. The van der Waals surface area contributed by atoms with Crippen LogP contribution < -0.4 is 15.8 Å². The normalized spacial score (nSPS) is 10.2. The van der Waals surface area contributed by atoms with Crippen molar-refractivity contribution in [1.29, 1.82) is 0 Å². The highest BCUT2D eigenvalue weighted by Gasteiger charge is 2.05. The number of nitrogen functional groups attached to an aromatic ring is 1. The molecule has 0 unspecified atom stereocenters. The van der Waals surface area contributed by atoms with Gasteiger partial charge in [-0.3, -0.25) is 4.79 Å². The predicted octanol–water partition coefficient (Wildman–Crippen LogP) is 3.29. The average molecular weight is 284 g/mol. The van der Waals surface area contributed by atoms with Crippen molar-refractivity contribution >= 4 is 17.3 Å². The van der Waals surface area contributed by atoms with Gasteiger partial charge in [-0.1, -0.05) is 12.1 Å². The van der Waals surface area contributed by atoms with E-state index in [0.29, 0.717) is 24.5 Å². The maximum atomic E-state index is 11.9. The predicted molar refractivity (Wildman–Crippen MR) is 85.5 cm³/mol. The number of carbonyl (C=O) groups excluding carboxylic acids is 1. The van der Waals surface area contributed by atoms with E-state index in [2.05, 4.69) is 5.32 Å². The number of rotatable bonds is 5. The summed E-state index contributed by atoms with van der Waals surface area (Å²) in [6.45, 7) is 4.31. The topological polar surface area (TPSA) is 64.3 Å². The van der Waals surface area contributed by atoms with Crippen LogP contribution in [0.3, 0.4) is 0 Å². The highest BCUT2D eigenvalue weighted by atomic mass is 16.5. The standard InChI is InChI=1S/C17H20N2O2/c1-12-3-4-13(2)16(11-12)19-17(20)9-10-21-15-7-5-14(18)6-8-15/h3-8,11H,9-10,18H2,1-2H3,(H,19,20). The van der Waals surface area contributed by atoms with Gasteiger partial charge >= 0.3 is 0 Å². The molecule has 0 fully saturated rings. The van der Waals surface area contributed by atoms with Gasteiger partial charge in [0.2, 0.25) is 5.91 Å². The second-order valence-electron chi connectivity index (χ2n) is 5.03. The SMILES string of the molecule is Cc1ccc(C)c(NC(=O)CCOc2ccc(N)cc2)c1. The van der Waals surface area contributed by atoms with Gasteiger partial charge in [-0.05, 0) is 55.3 Å². The summed E-state index contributed by atoms with van der Waals surface area (Å²) >= 11 is 0. The Morgan fingerprint density at radius 3 is 2.57 bits per heavy atom. The third-order valence-electron chi connectivity index (χ3n) is 3.15. The second-order valence-corrected chi connectivity index (χ2v) is 5.03. The van der Waals surface area contributed by atoms with Gasteiger partial charge in [0.25, 0.3) is 0 Å². The van der Waals surface area contributed by atoms with Crippen LogP contribution in [0.4, 0.5) is 11.4 Å². The van der Waals surface area contributed by atoms with Crippen molar-refractivity contribution in [3.8, 4) is 5.75 Å². The molecule has 2 aromatic carbocycles. The molecule has 0 aliphatic carbocycles. The Kier molecular flexibility index (Phi) is 4.82. The van der Waals surface area contributed by atoms with Crippen LogP contribution in [0.15, 0.2) is 42.5 Å². The summed E-state index contributed by atoms with van der Waals surface area (Å²) in [5.74, 6) is 0.655. The van der Waals surface area contributed by atoms with Crippen molar-refractivity contribution in [1.82, 2.24) is 0 Å². The highest BCUT2D eigenvalue weighted by Crippen LogP contribution is 2.17. The van der Waals surface area contributed by atoms with Gasteiger partial charge < -0.3 is 15.8 Å². The number of nitrogens with two attached hydrogens (primary N) is 1. The lowest BCUT2D eigenvalue weighted by molar-refractivity contribution is -0.116. The Labute approximate surface area is 124 Å². The number of ether oxygens (including phenoxy) is 1. The van der Waals surface area contributed by atoms with Crippen LogP contribution in [0.2, 0.25) is 0 Å². The van der Waals surface area contributed by atoms with Crippen molar-refractivity contribution < 1.29 is 9.53 Å². The van der Waals surface area contributed by atoms with Gasteiger partial charge in [-0.25, -0.2) is 0 Å². The fourth-order valence-electron chi connectivity index (χ4n) is 1.91. The zero-order chi connectivity index (χ0) is 15.2. The van der Waals surface area contributed by atoms with Crippen molar-refractivity contribution in [3.05, 3.63) is 53.6 Å². The molecule has 0 heterocycles. The van der Waals surface area contributed by atoms with Gasteiger partial charge in [-0.15, -0.1) is 0 Å². The summed E-state index contributed by atoms with van der Waals surface area (Å²) in [6.07, 6.45) is 0.303. The maximum absolute atomic E-state index is 11.9. The lowest BCUT2D eigenvalue weighted by Gasteiger charge is -2.10. The molecule has 3 N–H and O–H groups in total.